The van der Waals surface area contributed by atoms with Gasteiger partial charge in [0, 0.05) is 59.8 Å². The van der Waals surface area contributed by atoms with Crippen molar-refractivity contribution in [2.45, 2.75) is 6.42 Å². The number of anilines is 1. The van der Waals surface area contributed by atoms with Crippen LogP contribution in [0.4, 0.5) is 5.69 Å². The minimum atomic E-state index is 0.660. The van der Waals surface area contributed by atoms with E-state index in [-0.39, 0.29) is 0 Å². The van der Waals surface area contributed by atoms with Crippen LogP contribution in [0.2, 0.25) is 5.02 Å². The van der Waals surface area contributed by atoms with Crippen molar-refractivity contribution < 1.29 is 4.74 Å². The third-order valence-electron chi connectivity index (χ3n) is 5.65. The van der Waals surface area contributed by atoms with E-state index in [1.165, 1.54) is 0 Å². The Morgan fingerprint density at radius 1 is 1.17 bits per heavy atom. The second-order valence-corrected chi connectivity index (χ2v) is 7.99. The van der Waals surface area contributed by atoms with E-state index >= 15 is 0 Å². The minimum Gasteiger partial charge on any atom is -0.378 e. The lowest BCUT2D eigenvalue weighted by molar-refractivity contribution is 0.122. The topological polar surface area (TPSA) is 56.8 Å². The van der Waals surface area contributed by atoms with Crippen LogP contribution >= 0.6 is 11.6 Å². The molecule has 2 aromatic heterocycles. The minimum absolute atomic E-state index is 0.660. The van der Waals surface area contributed by atoms with Crippen LogP contribution in [-0.4, -0.2) is 60.6 Å². The Bertz CT molecular complexity index is 1100. The molecule has 154 valence electrons. The highest BCUT2D eigenvalue weighted by Gasteiger charge is 2.16. The maximum absolute atomic E-state index is 6.31. The number of rotatable bonds is 5. The van der Waals surface area contributed by atoms with Gasteiger partial charge in [0.15, 0.2) is 0 Å². The molecule has 1 fully saturated rings. The molecule has 1 aromatic carbocycles. The van der Waals surface area contributed by atoms with E-state index in [4.69, 9.17) is 16.3 Å². The molecule has 1 N–H and O–H groups in total. The predicted octanol–water partition coefficient (Wildman–Crippen LogP) is 3.98. The molecule has 0 bridgehead atoms. The molecule has 30 heavy (non-hydrogen) atoms. The van der Waals surface area contributed by atoms with Crippen LogP contribution in [0.25, 0.3) is 16.6 Å². The summed E-state index contributed by atoms with van der Waals surface area (Å²) in [7, 11) is 0. The fraction of sp³-hybridized carbons (Fsp3) is 0.304. The molecule has 0 atom stereocenters. The van der Waals surface area contributed by atoms with Gasteiger partial charge in [-0.3, -0.25) is 4.99 Å². The van der Waals surface area contributed by atoms with Gasteiger partial charge in [0.2, 0.25) is 0 Å². The van der Waals surface area contributed by atoms with Crippen LogP contribution in [0.1, 0.15) is 11.1 Å². The zero-order chi connectivity index (χ0) is 20.3. The van der Waals surface area contributed by atoms with Crippen LogP contribution < -0.4 is 4.90 Å². The van der Waals surface area contributed by atoms with Crippen molar-refractivity contribution in [3.63, 3.8) is 0 Å². The average molecular weight is 422 g/mol. The molecule has 0 unspecified atom stereocenters. The van der Waals surface area contributed by atoms with E-state index in [0.717, 1.165) is 77.7 Å². The van der Waals surface area contributed by atoms with Crippen molar-refractivity contribution >= 4 is 40.1 Å². The molecule has 6 nitrogen and oxygen atoms in total. The number of hydrogen-bond donors (Lipinski definition) is 1. The largest absolute Gasteiger partial charge is 0.378 e. The number of nitrogens with zero attached hydrogens (tertiary/aromatic N) is 4. The van der Waals surface area contributed by atoms with E-state index in [1.807, 2.05) is 36.8 Å². The quantitative estimate of drug-likeness (QED) is 0.677. The van der Waals surface area contributed by atoms with Crippen molar-refractivity contribution in [2.75, 3.05) is 44.4 Å². The van der Waals surface area contributed by atoms with E-state index in [2.05, 4.69) is 43.1 Å². The standard InChI is InChI=1S/C23H24ClN5O/c24-22-4-2-1-3-17(22)5-6-28-15-18(12-25-16-28)21-14-27-23-20(21)11-19(13-26-23)29-7-9-30-10-8-29/h1-4,11-15H,5-10,16H2,(H,26,27). The van der Waals surface area contributed by atoms with Crippen molar-refractivity contribution in [3.8, 4) is 0 Å². The Hall–Kier alpha value is -2.83. The van der Waals surface area contributed by atoms with Crippen molar-refractivity contribution in [1.82, 2.24) is 14.9 Å². The number of allylic oxidation sites excluding steroid dienone is 1. The number of fused-ring (bicyclic) bond motifs is 1. The summed E-state index contributed by atoms with van der Waals surface area (Å²) in [4.78, 5) is 17.1. The van der Waals surface area contributed by atoms with Crippen molar-refractivity contribution in [3.05, 3.63) is 65.1 Å². The van der Waals surface area contributed by atoms with Crippen LogP contribution in [0.15, 0.2) is 53.9 Å². The summed E-state index contributed by atoms with van der Waals surface area (Å²) in [6, 6.07) is 10.2. The molecular formula is C23H24ClN5O. The summed E-state index contributed by atoms with van der Waals surface area (Å²) >= 11 is 6.31. The molecule has 2 aliphatic heterocycles. The molecule has 4 heterocycles. The highest BCUT2D eigenvalue weighted by atomic mass is 35.5. The Morgan fingerprint density at radius 3 is 2.90 bits per heavy atom. The number of pyridine rings is 1. The van der Waals surface area contributed by atoms with Crippen LogP contribution in [-0.2, 0) is 11.2 Å². The molecule has 0 aliphatic carbocycles. The molecule has 3 aromatic rings. The van der Waals surface area contributed by atoms with Crippen LogP contribution in [0.3, 0.4) is 0 Å². The Balaban J connectivity index is 1.38. The summed E-state index contributed by atoms with van der Waals surface area (Å²) in [5.74, 6) is 0. The number of morpholine rings is 1. The lowest BCUT2D eigenvalue weighted by Gasteiger charge is -2.28. The second-order valence-electron chi connectivity index (χ2n) is 7.58. The highest BCUT2D eigenvalue weighted by molar-refractivity contribution is 6.31. The average Bonchev–Trinajstić information content (AvgIpc) is 3.23. The van der Waals surface area contributed by atoms with E-state index in [1.54, 1.807) is 0 Å². The molecular weight excluding hydrogens is 398 g/mol. The second kappa shape index (κ2) is 8.50. The first-order valence-electron chi connectivity index (χ1n) is 10.3. The molecule has 2 aliphatic rings. The summed E-state index contributed by atoms with van der Waals surface area (Å²) in [6.45, 7) is 4.84. The molecule has 5 rings (SSSR count). The van der Waals surface area contributed by atoms with E-state index in [0.29, 0.717) is 6.67 Å². The lowest BCUT2D eigenvalue weighted by atomic mass is 10.1. The molecule has 0 radical (unpaired) electrons. The molecule has 7 heteroatoms. The third-order valence-corrected chi connectivity index (χ3v) is 6.01. The Morgan fingerprint density at radius 2 is 2.03 bits per heavy atom. The Labute approximate surface area is 180 Å². The predicted molar refractivity (Wildman–Crippen MR) is 122 cm³/mol. The van der Waals surface area contributed by atoms with Gasteiger partial charge in [-0.2, -0.15) is 0 Å². The normalized spacial score (nSPS) is 16.9. The summed E-state index contributed by atoms with van der Waals surface area (Å²) in [5.41, 5.74) is 5.40. The van der Waals surface area contributed by atoms with Crippen molar-refractivity contribution in [2.24, 2.45) is 4.99 Å². The fourth-order valence-corrected chi connectivity index (χ4v) is 4.21. The van der Waals surface area contributed by atoms with Gasteiger partial charge in [-0.25, -0.2) is 4.98 Å². The van der Waals surface area contributed by atoms with Gasteiger partial charge in [-0.1, -0.05) is 29.8 Å². The third kappa shape index (κ3) is 3.93. The number of halogens is 1. The van der Waals surface area contributed by atoms with Crippen molar-refractivity contribution in [1.29, 1.82) is 0 Å². The Kier molecular flexibility index (Phi) is 5.43. The SMILES string of the molecule is Clc1ccccc1CCN1C=C(c2c[nH]c3ncc(N4CCOCC4)cc23)C=NC1. The zero-order valence-corrected chi connectivity index (χ0v) is 17.5. The highest BCUT2D eigenvalue weighted by Crippen LogP contribution is 2.28. The molecule has 0 amide bonds. The van der Waals surface area contributed by atoms with Gasteiger partial charge in [0.25, 0.3) is 0 Å². The molecule has 0 saturated carbocycles. The first-order chi connectivity index (χ1) is 14.8. The molecule has 1 saturated heterocycles. The number of H-pyrrole nitrogens is 1. The van der Waals surface area contributed by atoms with Crippen LogP contribution in [0.5, 0.6) is 0 Å². The first kappa shape index (κ1) is 19.2. The zero-order valence-electron chi connectivity index (χ0n) is 16.7. The number of aromatic nitrogens is 2. The van der Waals surface area contributed by atoms with Gasteiger partial charge in [-0.05, 0) is 24.1 Å². The monoisotopic (exact) mass is 421 g/mol. The van der Waals surface area contributed by atoms with Gasteiger partial charge in [0.05, 0.1) is 25.1 Å². The summed E-state index contributed by atoms with van der Waals surface area (Å²) < 4.78 is 5.48. The lowest BCUT2D eigenvalue weighted by Crippen LogP contribution is -2.36. The van der Waals surface area contributed by atoms with E-state index < -0.39 is 0 Å². The summed E-state index contributed by atoms with van der Waals surface area (Å²) in [6.07, 6.45) is 8.99. The van der Waals surface area contributed by atoms with Gasteiger partial charge >= 0.3 is 0 Å². The maximum Gasteiger partial charge on any atom is 0.138 e. The molecule has 0 spiro atoms. The number of aromatic amines is 1. The maximum atomic E-state index is 6.31. The number of nitrogens with one attached hydrogen (secondary N) is 1. The van der Waals surface area contributed by atoms with Gasteiger partial charge in [0.1, 0.15) is 12.3 Å². The summed E-state index contributed by atoms with van der Waals surface area (Å²) in [5, 5.41) is 1.94. The van der Waals surface area contributed by atoms with Crippen LogP contribution in [0, 0.1) is 0 Å². The number of aliphatic imine (C=N–C) groups is 1. The number of hydrogen-bond acceptors (Lipinski definition) is 5. The number of ether oxygens (including phenoxy) is 1. The van der Waals surface area contributed by atoms with E-state index in [9.17, 15) is 0 Å². The smallest absolute Gasteiger partial charge is 0.138 e. The number of benzene rings is 1. The first-order valence-corrected chi connectivity index (χ1v) is 10.6. The fourth-order valence-electron chi connectivity index (χ4n) is 3.98. The van der Waals surface area contributed by atoms with Gasteiger partial charge in [-0.15, -0.1) is 0 Å². The van der Waals surface area contributed by atoms with Gasteiger partial charge < -0.3 is 19.5 Å².